The first-order valence-electron chi connectivity index (χ1n) is 9.63. The highest BCUT2D eigenvalue weighted by Gasteiger charge is 2.14. The molecule has 3 aromatic rings. The fourth-order valence-corrected chi connectivity index (χ4v) is 3.95. The topological polar surface area (TPSA) is 87.1 Å². The van der Waals surface area contributed by atoms with Gasteiger partial charge in [0.15, 0.2) is 11.5 Å². The lowest BCUT2D eigenvalue weighted by molar-refractivity contribution is -0.117. The third-order valence-electron chi connectivity index (χ3n) is 4.63. The van der Waals surface area contributed by atoms with Crippen LogP contribution >= 0.6 is 22.6 Å². The molecule has 0 bridgehead atoms. The minimum Gasteiger partial charge on any atom is -0.493 e. The van der Waals surface area contributed by atoms with E-state index in [0.29, 0.717) is 36.6 Å². The predicted molar refractivity (Wildman–Crippen MR) is 130 cm³/mol. The van der Waals surface area contributed by atoms with E-state index in [-0.39, 0.29) is 5.57 Å². The number of H-pyrrole nitrogens is 1. The second kappa shape index (κ2) is 10.7. The van der Waals surface area contributed by atoms with Crippen molar-refractivity contribution < 1.29 is 14.3 Å². The molecule has 0 aliphatic rings. The van der Waals surface area contributed by atoms with E-state index in [0.717, 1.165) is 20.0 Å². The van der Waals surface area contributed by atoms with Crippen molar-refractivity contribution in [1.82, 2.24) is 10.3 Å². The normalized spacial score (nSPS) is 11.1. The van der Waals surface area contributed by atoms with Gasteiger partial charge in [0.25, 0.3) is 5.91 Å². The van der Waals surface area contributed by atoms with E-state index in [2.05, 4.69) is 39.5 Å². The standard InChI is InChI=1S/C24H22IN3O3/c1-3-10-31-23-20(25)12-16(13-22(23)30-2)11-18(14-26)24(29)27-9-8-17-15-28-21-7-5-4-6-19(17)21/h3-7,11-13,15,28H,1,8-10H2,2H3,(H,27,29)/b18-11+. The number of nitriles is 1. The molecule has 0 atom stereocenters. The summed E-state index contributed by atoms with van der Waals surface area (Å²) in [7, 11) is 1.54. The van der Waals surface area contributed by atoms with E-state index in [1.54, 1.807) is 25.3 Å². The number of halogens is 1. The van der Waals surface area contributed by atoms with E-state index < -0.39 is 5.91 Å². The zero-order valence-corrected chi connectivity index (χ0v) is 19.2. The van der Waals surface area contributed by atoms with Crippen LogP contribution in [0.4, 0.5) is 0 Å². The molecule has 0 aliphatic heterocycles. The molecule has 0 fully saturated rings. The molecule has 3 rings (SSSR count). The van der Waals surface area contributed by atoms with Gasteiger partial charge in [-0.15, -0.1) is 0 Å². The number of hydrogen-bond acceptors (Lipinski definition) is 4. The molecule has 0 spiro atoms. The number of aromatic nitrogens is 1. The molecule has 0 saturated heterocycles. The van der Waals surface area contributed by atoms with Gasteiger partial charge in [0, 0.05) is 23.6 Å². The number of ether oxygens (including phenoxy) is 2. The third kappa shape index (κ3) is 5.47. The Kier molecular flexibility index (Phi) is 7.73. The number of benzene rings is 2. The fraction of sp³-hybridized carbons (Fsp3) is 0.167. The molecule has 0 aliphatic carbocycles. The lowest BCUT2D eigenvalue weighted by atomic mass is 10.1. The number of amides is 1. The maximum atomic E-state index is 12.5. The number of para-hydroxylation sites is 1. The summed E-state index contributed by atoms with van der Waals surface area (Å²) in [6.07, 6.45) is 5.80. The zero-order valence-electron chi connectivity index (χ0n) is 17.1. The minimum absolute atomic E-state index is 0.0246. The summed E-state index contributed by atoms with van der Waals surface area (Å²) in [5, 5.41) is 13.5. The van der Waals surface area contributed by atoms with Crippen LogP contribution in [0.1, 0.15) is 11.1 Å². The van der Waals surface area contributed by atoms with E-state index in [9.17, 15) is 10.1 Å². The number of methoxy groups -OCH3 is 1. The van der Waals surface area contributed by atoms with Crippen LogP contribution in [-0.4, -0.2) is 31.2 Å². The number of carbonyl (C=O) groups excluding carboxylic acids is 1. The number of nitrogens with zero attached hydrogens (tertiary/aromatic N) is 1. The highest BCUT2D eigenvalue weighted by atomic mass is 127. The average molecular weight is 527 g/mol. The molecule has 1 heterocycles. The largest absolute Gasteiger partial charge is 0.493 e. The summed E-state index contributed by atoms with van der Waals surface area (Å²) >= 11 is 2.13. The zero-order chi connectivity index (χ0) is 22.2. The molecular weight excluding hydrogens is 505 g/mol. The second-order valence-corrected chi connectivity index (χ2v) is 7.83. The van der Waals surface area contributed by atoms with Crippen molar-refractivity contribution in [3.8, 4) is 17.6 Å². The van der Waals surface area contributed by atoms with Crippen molar-refractivity contribution in [3.05, 3.63) is 75.5 Å². The Hall–Kier alpha value is -3.25. The van der Waals surface area contributed by atoms with Crippen molar-refractivity contribution in [3.63, 3.8) is 0 Å². The van der Waals surface area contributed by atoms with Crippen LogP contribution in [0.25, 0.3) is 17.0 Å². The van der Waals surface area contributed by atoms with Gasteiger partial charge >= 0.3 is 0 Å². The van der Waals surface area contributed by atoms with Crippen LogP contribution in [0.15, 0.2) is 60.8 Å². The van der Waals surface area contributed by atoms with Crippen LogP contribution in [0.5, 0.6) is 11.5 Å². The van der Waals surface area contributed by atoms with E-state index >= 15 is 0 Å². The Morgan fingerprint density at radius 2 is 2.16 bits per heavy atom. The van der Waals surface area contributed by atoms with Crippen LogP contribution in [-0.2, 0) is 11.2 Å². The summed E-state index contributed by atoms with van der Waals surface area (Å²) in [5.74, 6) is 0.710. The van der Waals surface area contributed by atoms with E-state index in [1.807, 2.05) is 42.6 Å². The molecule has 1 amide bonds. The molecule has 0 saturated carbocycles. The number of nitrogens with one attached hydrogen (secondary N) is 2. The predicted octanol–water partition coefficient (Wildman–Crippen LogP) is 4.61. The smallest absolute Gasteiger partial charge is 0.261 e. The number of aromatic amines is 1. The average Bonchev–Trinajstić information content (AvgIpc) is 3.19. The maximum Gasteiger partial charge on any atom is 0.261 e. The summed E-state index contributed by atoms with van der Waals surface area (Å²) in [6, 6.07) is 13.6. The minimum atomic E-state index is -0.414. The van der Waals surface area contributed by atoms with Gasteiger partial charge in [-0.1, -0.05) is 30.9 Å². The van der Waals surface area contributed by atoms with Crippen molar-refractivity contribution >= 4 is 45.5 Å². The Labute approximate surface area is 194 Å². The first-order valence-corrected chi connectivity index (χ1v) is 10.7. The lowest BCUT2D eigenvalue weighted by Crippen LogP contribution is -2.26. The van der Waals surface area contributed by atoms with Gasteiger partial charge in [-0.3, -0.25) is 4.79 Å². The first kappa shape index (κ1) is 22.4. The van der Waals surface area contributed by atoms with Gasteiger partial charge in [-0.05, 0) is 64.4 Å². The SMILES string of the molecule is C=CCOc1c(I)cc(/C=C(\C#N)C(=O)NCCc2c[nH]c3ccccc23)cc1OC. The molecule has 1 aromatic heterocycles. The Morgan fingerprint density at radius 1 is 1.35 bits per heavy atom. The Morgan fingerprint density at radius 3 is 2.90 bits per heavy atom. The van der Waals surface area contributed by atoms with Crippen molar-refractivity contribution in [1.29, 1.82) is 5.26 Å². The molecule has 2 N–H and O–H groups in total. The number of fused-ring (bicyclic) bond motifs is 1. The summed E-state index contributed by atoms with van der Waals surface area (Å²) in [5.41, 5.74) is 2.88. The highest BCUT2D eigenvalue weighted by molar-refractivity contribution is 14.1. The fourth-order valence-electron chi connectivity index (χ4n) is 3.17. The number of hydrogen-bond donors (Lipinski definition) is 2. The van der Waals surface area contributed by atoms with Gasteiger partial charge in [-0.2, -0.15) is 5.26 Å². The summed E-state index contributed by atoms with van der Waals surface area (Å²) in [4.78, 5) is 15.8. The monoisotopic (exact) mass is 527 g/mol. The van der Waals surface area contributed by atoms with Crippen LogP contribution in [0, 0.1) is 14.9 Å². The van der Waals surface area contributed by atoms with Crippen LogP contribution in [0.3, 0.4) is 0 Å². The Bertz CT molecular complexity index is 1170. The molecule has 0 radical (unpaired) electrons. The second-order valence-electron chi connectivity index (χ2n) is 6.67. The molecule has 31 heavy (non-hydrogen) atoms. The van der Waals surface area contributed by atoms with E-state index in [1.165, 1.54) is 0 Å². The number of rotatable bonds is 9. The molecule has 7 heteroatoms. The van der Waals surface area contributed by atoms with Crippen molar-refractivity contribution in [2.75, 3.05) is 20.3 Å². The van der Waals surface area contributed by atoms with Crippen LogP contribution in [0.2, 0.25) is 0 Å². The van der Waals surface area contributed by atoms with Gasteiger partial charge < -0.3 is 19.8 Å². The molecule has 158 valence electrons. The maximum absolute atomic E-state index is 12.5. The van der Waals surface area contributed by atoms with Crippen molar-refractivity contribution in [2.24, 2.45) is 0 Å². The van der Waals surface area contributed by atoms with Gasteiger partial charge in [0.1, 0.15) is 18.2 Å². The third-order valence-corrected chi connectivity index (χ3v) is 5.43. The molecule has 2 aromatic carbocycles. The van der Waals surface area contributed by atoms with Crippen molar-refractivity contribution in [2.45, 2.75) is 6.42 Å². The molecule has 6 nitrogen and oxygen atoms in total. The first-order chi connectivity index (χ1) is 15.1. The van der Waals surface area contributed by atoms with Gasteiger partial charge in [-0.25, -0.2) is 0 Å². The van der Waals surface area contributed by atoms with E-state index in [4.69, 9.17) is 9.47 Å². The summed E-state index contributed by atoms with van der Waals surface area (Å²) < 4.78 is 11.9. The molecule has 0 unspecified atom stereocenters. The van der Waals surface area contributed by atoms with Crippen LogP contribution < -0.4 is 14.8 Å². The van der Waals surface area contributed by atoms with Gasteiger partial charge in [0.05, 0.1) is 10.7 Å². The Balaban J connectivity index is 1.70. The lowest BCUT2D eigenvalue weighted by Gasteiger charge is -2.12. The van der Waals surface area contributed by atoms with Gasteiger partial charge in [0.2, 0.25) is 0 Å². The number of carbonyl (C=O) groups is 1. The highest BCUT2D eigenvalue weighted by Crippen LogP contribution is 2.34. The quantitative estimate of drug-likeness (QED) is 0.184. The molecular formula is C24H22IN3O3. The summed E-state index contributed by atoms with van der Waals surface area (Å²) in [6.45, 7) is 4.42.